The Hall–Kier alpha value is -0.720. The van der Waals surface area contributed by atoms with Gasteiger partial charge >= 0.3 is 0 Å². The third kappa shape index (κ3) is 1.28. The molecule has 0 amide bonds. The molecule has 2 rings (SSSR count). The van der Waals surface area contributed by atoms with Gasteiger partial charge in [0.15, 0.2) is 8.96 Å². The molecule has 0 aliphatic heterocycles. The van der Waals surface area contributed by atoms with E-state index in [-0.39, 0.29) is 0 Å². The van der Waals surface area contributed by atoms with Crippen LogP contribution in [0.15, 0.2) is 11.4 Å². The number of nitrogens with two attached hydrogens (primary N) is 1. The Morgan fingerprint density at radius 1 is 1.58 bits per heavy atom. The van der Waals surface area contributed by atoms with Crippen LogP contribution >= 0.6 is 34.9 Å². The molecule has 0 unspecified atom stereocenters. The zero-order valence-corrected chi connectivity index (χ0v) is 8.35. The molecule has 0 fully saturated rings. The van der Waals surface area contributed by atoms with Crippen molar-refractivity contribution in [2.75, 3.05) is 5.73 Å². The van der Waals surface area contributed by atoms with E-state index in [1.165, 1.54) is 11.3 Å². The van der Waals surface area contributed by atoms with E-state index in [4.69, 9.17) is 18.0 Å². The standard InChI is InChI=1S/C6H5N3S3/c7-3-1-2-11-4(3)5-8-9-6(10)12-5/h1-2H,7H2,(H,9,10). The molecule has 0 bridgehead atoms. The first-order chi connectivity index (χ1) is 5.77. The Labute approximate surface area is 81.9 Å². The summed E-state index contributed by atoms with van der Waals surface area (Å²) in [7, 11) is 0. The molecule has 0 aliphatic rings. The number of nitrogens with zero attached hydrogens (tertiary/aromatic N) is 1. The van der Waals surface area contributed by atoms with Crippen LogP contribution < -0.4 is 5.73 Å². The second-order valence-corrected chi connectivity index (χ2v) is 4.71. The van der Waals surface area contributed by atoms with E-state index in [0.29, 0.717) is 3.95 Å². The lowest BCUT2D eigenvalue weighted by atomic mass is 10.4. The van der Waals surface area contributed by atoms with Gasteiger partial charge < -0.3 is 5.73 Å². The topological polar surface area (TPSA) is 54.7 Å². The Bertz CT molecular complexity index is 439. The maximum atomic E-state index is 5.71. The molecule has 0 spiro atoms. The maximum absolute atomic E-state index is 5.71. The lowest BCUT2D eigenvalue weighted by Crippen LogP contribution is -1.82. The fraction of sp³-hybridized carbons (Fsp3) is 0. The molecule has 12 heavy (non-hydrogen) atoms. The number of anilines is 1. The first-order valence-electron chi connectivity index (χ1n) is 3.16. The third-order valence-corrected chi connectivity index (χ3v) is 3.50. The fourth-order valence-electron chi connectivity index (χ4n) is 0.820. The van der Waals surface area contributed by atoms with Gasteiger partial charge in [0.2, 0.25) is 0 Å². The van der Waals surface area contributed by atoms with Gasteiger partial charge in [0, 0.05) is 0 Å². The summed E-state index contributed by atoms with van der Waals surface area (Å²) in [6.07, 6.45) is 0. The second-order valence-electron chi connectivity index (χ2n) is 2.12. The highest BCUT2D eigenvalue weighted by atomic mass is 32.1. The lowest BCUT2D eigenvalue weighted by molar-refractivity contribution is 1.09. The zero-order valence-electron chi connectivity index (χ0n) is 5.90. The summed E-state index contributed by atoms with van der Waals surface area (Å²) in [4.78, 5) is 0.993. The minimum absolute atomic E-state index is 0.679. The molecule has 2 aromatic rings. The van der Waals surface area contributed by atoms with Gasteiger partial charge in [-0.1, -0.05) is 11.3 Å². The summed E-state index contributed by atoms with van der Waals surface area (Å²) >= 11 is 7.93. The van der Waals surface area contributed by atoms with E-state index in [1.807, 2.05) is 11.4 Å². The van der Waals surface area contributed by atoms with Crippen molar-refractivity contribution in [2.45, 2.75) is 0 Å². The molecule has 0 atom stereocenters. The van der Waals surface area contributed by atoms with Crippen molar-refractivity contribution in [2.24, 2.45) is 0 Å². The molecule has 0 aliphatic carbocycles. The van der Waals surface area contributed by atoms with Crippen LogP contribution in [0.2, 0.25) is 0 Å². The van der Waals surface area contributed by atoms with Crippen LogP contribution in [0.1, 0.15) is 0 Å². The van der Waals surface area contributed by atoms with Crippen LogP contribution in [0.3, 0.4) is 0 Å². The normalized spacial score (nSPS) is 10.3. The second kappa shape index (κ2) is 2.96. The van der Waals surface area contributed by atoms with E-state index in [0.717, 1.165) is 15.6 Å². The highest BCUT2D eigenvalue weighted by Crippen LogP contribution is 2.32. The maximum Gasteiger partial charge on any atom is 0.176 e. The van der Waals surface area contributed by atoms with Crippen molar-refractivity contribution in [3.8, 4) is 9.88 Å². The molecule has 2 heterocycles. The van der Waals surface area contributed by atoms with Gasteiger partial charge in [0.25, 0.3) is 0 Å². The summed E-state index contributed by atoms with van der Waals surface area (Å²) < 4.78 is 0.679. The van der Waals surface area contributed by atoms with Crippen LogP contribution in [-0.2, 0) is 0 Å². The predicted molar refractivity (Wildman–Crippen MR) is 55.0 cm³/mol. The minimum atomic E-state index is 0.679. The molecular weight excluding hydrogens is 210 g/mol. The molecule has 6 heteroatoms. The number of rotatable bonds is 1. The molecule has 2 aromatic heterocycles. The van der Waals surface area contributed by atoms with Gasteiger partial charge in [-0.25, -0.2) is 0 Å². The molecule has 0 saturated heterocycles. The first kappa shape index (κ1) is 7.90. The van der Waals surface area contributed by atoms with Crippen molar-refractivity contribution in [3.05, 3.63) is 15.4 Å². The minimum Gasteiger partial charge on any atom is -0.397 e. The quantitative estimate of drug-likeness (QED) is 0.719. The molecule has 0 saturated carbocycles. The summed E-state index contributed by atoms with van der Waals surface area (Å²) in [6, 6.07) is 1.87. The summed E-state index contributed by atoms with van der Waals surface area (Å²) in [5.41, 5.74) is 6.47. The highest BCUT2D eigenvalue weighted by molar-refractivity contribution is 7.73. The zero-order chi connectivity index (χ0) is 8.55. The summed E-state index contributed by atoms with van der Waals surface area (Å²) in [6.45, 7) is 0. The molecular formula is C6H5N3S3. The number of H-pyrrole nitrogens is 1. The average Bonchev–Trinajstić information content (AvgIpc) is 2.58. The van der Waals surface area contributed by atoms with Crippen molar-refractivity contribution in [3.63, 3.8) is 0 Å². The SMILES string of the molecule is Nc1ccsc1-c1n[nH]c(=S)s1. The van der Waals surface area contributed by atoms with E-state index in [2.05, 4.69) is 10.2 Å². The summed E-state index contributed by atoms with van der Waals surface area (Å²) in [5, 5.41) is 9.57. The smallest absolute Gasteiger partial charge is 0.176 e. The number of thiophene rings is 1. The molecule has 3 N–H and O–H groups in total. The van der Waals surface area contributed by atoms with Gasteiger partial charge in [-0.2, -0.15) is 5.10 Å². The van der Waals surface area contributed by atoms with Crippen molar-refractivity contribution in [1.82, 2.24) is 10.2 Å². The molecule has 3 nitrogen and oxygen atoms in total. The van der Waals surface area contributed by atoms with E-state index >= 15 is 0 Å². The number of aromatic nitrogens is 2. The van der Waals surface area contributed by atoms with E-state index in [9.17, 15) is 0 Å². The number of nitrogen functional groups attached to an aromatic ring is 1. The monoisotopic (exact) mass is 215 g/mol. The predicted octanol–water partition coefficient (Wildman–Crippen LogP) is 2.51. The lowest BCUT2D eigenvalue weighted by Gasteiger charge is -1.89. The first-order valence-corrected chi connectivity index (χ1v) is 5.26. The summed E-state index contributed by atoms with van der Waals surface area (Å²) in [5.74, 6) is 0. The molecule has 62 valence electrons. The Balaban J connectivity index is 2.57. The van der Waals surface area contributed by atoms with Gasteiger partial charge in [0.05, 0.1) is 10.6 Å². The van der Waals surface area contributed by atoms with Crippen molar-refractivity contribution < 1.29 is 0 Å². The number of nitrogens with one attached hydrogen (secondary N) is 1. The number of hydrogen-bond acceptors (Lipinski definition) is 5. The van der Waals surface area contributed by atoms with Crippen LogP contribution in [0, 0.1) is 3.95 Å². The van der Waals surface area contributed by atoms with Gasteiger partial charge in [-0.05, 0) is 23.7 Å². The molecule has 0 radical (unpaired) electrons. The van der Waals surface area contributed by atoms with E-state index < -0.39 is 0 Å². The van der Waals surface area contributed by atoms with E-state index in [1.54, 1.807) is 11.3 Å². The highest BCUT2D eigenvalue weighted by Gasteiger charge is 2.06. The van der Waals surface area contributed by atoms with Crippen molar-refractivity contribution in [1.29, 1.82) is 0 Å². The van der Waals surface area contributed by atoms with Crippen LogP contribution in [0.25, 0.3) is 9.88 Å². The van der Waals surface area contributed by atoms with Gasteiger partial charge in [-0.15, -0.1) is 11.3 Å². The Kier molecular flexibility index (Phi) is 1.95. The van der Waals surface area contributed by atoms with Crippen LogP contribution in [-0.4, -0.2) is 10.2 Å². The van der Waals surface area contributed by atoms with Crippen molar-refractivity contribution >= 4 is 40.6 Å². The Morgan fingerprint density at radius 2 is 2.42 bits per heavy atom. The Morgan fingerprint density at radius 3 is 2.92 bits per heavy atom. The fourth-order valence-corrected chi connectivity index (χ4v) is 2.64. The van der Waals surface area contributed by atoms with Crippen LogP contribution in [0.4, 0.5) is 5.69 Å². The number of hydrogen-bond donors (Lipinski definition) is 2. The third-order valence-electron chi connectivity index (χ3n) is 1.33. The average molecular weight is 215 g/mol. The van der Waals surface area contributed by atoms with Gasteiger partial charge in [0.1, 0.15) is 0 Å². The largest absolute Gasteiger partial charge is 0.397 e. The number of aromatic amines is 1. The van der Waals surface area contributed by atoms with Crippen LogP contribution in [0.5, 0.6) is 0 Å². The molecule has 0 aromatic carbocycles. The van der Waals surface area contributed by atoms with Gasteiger partial charge in [-0.3, -0.25) is 5.10 Å².